The average molecular weight is 435 g/mol. The Labute approximate surface area is 178 Å². The third kappa shape index (κ3) is 4.71. The smallest absolute Gasteiger partial charge is 0.416 e. The highest BCUT2D eigenvalue weighted by Crippen LogP contribution is 2.37. The van der Waals surface area contributed by atoms with E-state index in [4.69, 9.17) is 4.74 Å². The second-order valence-electron chi connectivity index (χ2n) is 7.70. The number of nitrogens with one attached hydrogen (secondary N) is 1. The van der Waals surface area contributed by atoms with E-state index in [0.717, 1.165) is 30.5 Å². The molecule has 2 heterocycles. The second kappa shape index (κ2) is 8.66. The molecule has 1 unspecified atom stereocenters. The first kappa shape index (κ1) is 21.3. The number of morpholine rings is 1. The molecule has 31 heavy (non-hydrogen) atoms. The van der Waals surface area contributed by atoms with Crippen LogP contribution in [0.5, 0.6) is 5.75 Å². The second-order valence-corrected chi connectivity index (χ2v) is 7.70. The third-order valence-corrected chi connectivity index (χ3v) is 5.71. The van der Waals surface area contributed by atoms with Crippen molar-refractivity contribution in [3.63, 3.8) is 0 Å². The molecule has 2 saturated heterocycles. The molecule has 2 aliphatic heterocycles. The molecular formula is C22H24F3N3O3. The molecule has 4 rings (SSSR count). The summed E-state index contributed by atoms with van der Waals surface area (Å²) in [5.74, 6) is 0.136. The van der Waals surface area contributed by atoms with Crippen molar-refractivity contribution in [2.24, 2.45) is 0 Å². The van der Waals surface area contributed by atoms with Crippen LogP contribution in [0.2, 0.25) is 0 Å². The quantitative estimate of drug-likeness (QED) is 0.739. The van der Waals surface area contributed by atoms with Crippen molar-refractivity contribution in [2.45, 2.75) is 25.1 Å². The molecule has 166 valence electrons. The Morgan fingerprint density at radius 1 is 1.06 bits per heavy atom. The lowest BCUT2D eigenvalue weighted by Crippen LogP contribution is -2.38. The van der Waals surface area contributed by atoms with Crippen molar-refractivity contribution in [1.29, 1.82) is 0 Å². The van der Waals surface area contributed by atoms with Gasteiger partial charge in [-0.25, -0.2) is 4.79 Å². The Morgan fingerprint density at radius 3 is 2.45 bits per heavy atom. The minimum absolute atomic E-state index is 0.136. The summed E-state index contributed by atoms with van der Waals surface area (Å²) in [7, 11) is 0. The van der Waals surface area contributed by atoms with Gasteiger partial charge < -0.3 is 25.0 Å². The summed E-state index contributed by atoms with van der Waals surface area (Å²) in [5.41, 5.74) is 0.752. The summed E-state index contributed by atoms with van der Waals surface area (Å²) in [6.45, 7) is 2.53. The number of phenols is 1. The largest absolute Gasteiger partial charge is 0.508 e. The monoisotopic (exact) mass is 435 g/mol. The number of phenolic OH excluding ortho intramolecular Hbond substituents is 1. The summed E-state index contributed by atoms with van der Waals surface area (Å²) >= 11 is 0. The highest BCUT2D eigenvalue weighted by atomic mass is 19.4. The molecule has 0 bridgehead atoms. The first-order valence-electron chi connectivity index (χ1n) is 10.2. The molecule has 2 fully saturated rings. The maximum absolute atomic E-state index is 13.3. The van der Waals surface area contributed by atoms with E-state index < -0.39 is 17.8 Å². The molecule has 0 saturated carbocycles. The number of halogens is 3. The first-order chi connectivity index (χ1) is 14.8. The van der Waals surface area contributed by atoms with E-state index >= 15 is 0 Å². The fourth-order valence-corrected chi connectivity index (χ4v) is 4.13. The normalized spacial score (nSPS) is 19.5. The molecular weight excluding hydrogens is 411 g/mol. The molecule has 2 aromatic rings. The van der Waals surface area contributed by atoms with Gasteiger partial charge in [0.25, 0.3) is 0 Å². The number of alkyl halides is 3. The Hall–Kier alpha value is -2.94. The first-order valence-corrected chi connectivity index (χ1v) is 10.2. The third-order valence-electron chi connectivity index (χ3n) is 5.71. The van der Waals surface area contributed by atoms with E-state index in [-0.39, 0.29) is 17.5 Å². The number of amides is 2. The Balaban J connectivity index is 1.60. The number of likely N-dealkylation sites (tertiary alicyclic amines) is 1. The zero-order chi connectivity index (χ0) is 22.0. The average Bonchev–Trinajstić information content (AvgIpc) is 3.24. The van der Waals surface area contributed by atoms with Crippen LogP contribution in [0.25, 0.3) is 0 Å². The highest BCUT2D eigenvalue weighted by Gasteiger charge is 2.34. The molecule has 6 nitrogen and oxygen atoms in total. The van der Waals surface area contributed by atoms with Crippen LogP contribution < -0.4 is 10.2 Å². The van der Waals surface area contributed by atoms with Gasteiger partial charge in [-0.05, 0) is 48.7 Å². The fraction of sp³-hybridized carbons (Fsp3) is 0.409. The maximum atomic E-state index is 13.3. The minimum Gasteiger partial charge on any atom is -0.508 e. The number of urea groups is 1. The molecule has 2 N–H and O–H groups in total. The number of anilines is 2. The zero-order valence-electron chi connectivity index (χ0n) is 16.9. The lowest BCUT2D eigenvalue weighted by Gasteiger charge is -2.32. The summed E-state index contributed by atoms with van der Waals surface area (Å²) in [4.78, 5) is 16.7. The van der Waals surface area contributed by atoms with Crippen molar-refractivity contribution in [3.8, 4) is 5.75 Å². The van der Waals surface area contributed by atoms with Gasteiger partial charge in [-0.1, -0.05) is 12.1 Å². The van der Waals surface area contributed by atoms with Gasteiger partial charge in [0.1, 0.15) is 5.75 Å². The van der Waals surface area contributed by atoms with Crippen LogP contribution in [-0.2, 0) is 10.9 Å². The number of carbonyl (C=O) groups excluding carboxylic acids is 1. The van der Waals surface area contributed by atoms with Gasteiger partial charge >= 0.3 is 12.2 Å². The number of ether oxygens (including phenoxy) is 1. The summed E-state index contributed by atoms with van der Waals surface area (Å²) < 4.78 is 45.3. The van der Waals surface area contributed by atoms with Gasteiger partial charge in [0.05, 0.1) is 36.2 Å². The van der Waals surface area contributed by atoms with Gasteiger partial charge in [0.2, 0.25) is 0 Å². The molecule has 0 aromatic heterocycles. The standard InChI is InChI=1S/C22H24F3N3O3/c23-22(24,25)16-5-8-20(27-10-12-31-13-11-27)18(14-16)26-21(30)28-9-1-2-19(28)15-3-6-17(29)7-4-15/h3-8,14,19,29H,1-2,9-13H2,(H,26,30). The van der Waals surface area contributed by atoms with Crippen LogP contribution in [0.15, 0.2) is 42.5 Å². The van der Waals surface area contributed by atoms with Crippen LogP contribution >= 0.6 is 0 Å². The molecule has 2 aromatic carbocycles. The SMILES string of the molecule is O=C(Nc1cc(C(F)(F)F)ccc1N1CCOCC1)N1CCCC1c1ccc(O)cc1. The van der Waals surface area contributed by atoms with Crippen LogP contribution in [0, 0.1) is 0 Å². The fourth-order valence-electron chi connectivity index (χ4n) is 4.13. The van der Waals surface area contributed by atoms with Crippen molar-refractivity contribution < 1.29 is 27.8 Å². The molecule has 2 amide bonds. The van der Waals surface area contributed by atoms with Crippen molar-refractivity contribution in [1.82, 2.24) is 4.90 Å². The molecule has 0 spiro atoms. The zero-order valence-corrected chi connectivity index (χ0v) is 16.9. The molecule has 9 heteroatoms. The van der Waals surface area contributed by atoms with Crippen LogP contribution in [-0.4, -0.2) is 48.9 Å². The number of benzene rings is 2. The number of hydrogen-bond acceptors (Lipinski definition) is 4. The van der Waals surface area contributed by atoms with E-state index in [1.807, 2.05) is 4.90 Å². The minimum atomic E-state index is -4.51. The van der Waals surface area contributed by atoms with E-state index in [1.54, 1.807) is 29.2 Å². The number of aromatic hydroxyl groups is 1. The van der Waals surface area contributed by atoms with Crippen LogP contribution in [0.1, 0.15) is 30.0 Å². The van der Waals surface area contributed by atoms with E-state index in [2.05, 4.69) is 5.32 Å². The van der Waals surface area contributed by atoms with Gasteiger partial charge in [0, 0.05) is 19.6 Å². The molecule has 0 radical (unpaired) electrons. The number of nitrogens with zero attached hydrogens (tertiary/aromatic N) is 2. The van der Waals surface area contributed by atoms with Gasteiger partial charge in [-0.15, -0.1) is 0 Å². The predicted octanol–water partition coefficient (Wildman–Crippen LogP) is 4.62. The van der Waals surface area contributed by atoms with Crippen LogP contribution in [0.4, 0.5) is 29.3 Å². The predicted molar refractivity (Wildman–Crippen MR) is 110 cm³/mol. The number of carbonyl (C=O) groups is 1. The molecule has 2 aliphatic rings. The lowest BCUT2D eigenvalue weighted by molar-refractivity contribution is -0.137. The van der Waals surface area contributed by atoms with E-state index in [9.17, 15) is 23.1 Å². The van der Waals surface area contributed by atoms with E-state index in [0.29, 0.717) is 38.5 Å². The topological polar surface area (TPSA) is 65.0 Å². The number of rotatable bonds is 3. The maximum Gasteiger partial charge on any atom is 0.416 e. The summed E-state index contributed by atoms with van der Waals surface area (Å²) in [6, 6.07) is 9.45. The van der Waals surface area contributed by atoms with Gasteiger partial charge in [0.15, 0.2) is 0 Å². The van der Waals surface area contributed by atoms with Gasteiger partial charge in [-0.2, -0.15) is 13.2 Å². The highest BCUT2D eigenvalue weighted by molar-refractivity contribution is 5.94. The van der Waals surface area contributed by atoms with Crippen LogP contribution in [0.3, 0.4) is 0 Å². The Kier molecular flexibility index (Phi) is 5.95. The van der Waals surface area contributed by atoms with E-state index in [1.165, 1.54) is 6.07 Å². The lowest BCUT2D eigenvalue weighted by atomic mass is 10.0. The van der Waals surface area contributed by atoms with Gasteiger partial charge in [-0.3, -0.25) is 0 Å². The van der Waals surface area contributed by atoms with Crippen molar-refractivity contribution in [2.75, 3.05) is 43.1 Å². The molecule has 0 aliphatic carbocycles. The van der Waals surface area contributed by atoms with Crippen molar-refractivity contribution in [3.05, 3.63) is 53.6 Å². The van der Waals surface area contributed by atoms with Crippen molar-refractivity contribution >= 4 is 17.4 Å². The summed E-state index contributed by atoms with van der Waals surface area (Å²) in [5, 5.41) is 12.2. The Bertz CT molecular complexity index is 928. The number of hydrogen-bond donors (Lipinski definition) is 2. The summed E-state index contributed by atoms with van der Waals surface area (Å²) in [6.07, 6.45) is -2.97. The Morgan fingerprint density at radius 2 is 1.77 bits per heavy atom. The molecule has 1 atom stereocenters.